The Balaban J connectivity index is 1.28. The van der Waals surface area contributed by atoms with Crippen LogP contribution >= 0.6 is 0 Å². The van der Waals surface area contributed by atoms with Gasteiger partial charge in [0.1, 0.15) is 11.4 Å². The van der Waals surface area contributed by atoms with Gasteiger partial charge >= 0.3 is 0 Å². The number of aromatic nitrogens is 3. The van der Waals surface area contributed by atoms with Crippen molar-refractivity contribution in [1.29, 1.82) is 0 Å². The first-order chi connectivity index (χ1) is 25.7. The second-order valence-corrected chi connectivity index (χ2v) is 12.8. The number of rotatable bonds is 7. The normalized spacial score (nSPS) is 11.2. The molecule has 0 fully saturated rings. The molecule has 4 heteroatoms. The summed E-state index contributed by atoms with van der Waals surface area (Å²) in [6, 6.07) is 64.2. The van der Waals surface area contributed by atoms with Crippen molar-refractivity contribution in [3.05, 3.63) is 194 Å². The highest BCUT2D eigenvalue weighted by Crippen LogP contribution is 2.45. The van der Waals surface area contributed by atoms with Crippen LogP contribution in [0.15, 0.2) is 194 Å². The maximum absolute atomic E-state index is 10.8. The van der Waals surface area contributed by atoms with Crippen molar-refractivity contribution < 1.29 is 5.11 Å². The van der Waals surface area contributed by atoms with E-state index in [0.29, 0.717) is 11.3 Å². The Kier molecular flexibility index (Phi) is 7.95. The monoisotopic (exact) mass is 667 g/mol. The Labute approximate surface area is 302 Å². The number of nitrogens with zero attached hydrogens (tertiary/aromatic N) is 3. The van der Waals surface area contributed by atoms with E-state index >= 15 is 0 Å². The lowest BCUT2D eigenvalue weighted by atomic mass is 9.88. The minimum absolute atomic E-state index is 0.195. The quantitative estimate of drug-likeness (QED) is 0.184. The molecule has 0 aliphatic carbocycles. The van der Waals surface area contributed by atoms with Crippen LogP contribution in [-0.2, 0) is 0 Å². The van der Waals surface area contributed by atoms with Gasteiger partial charge in [0.25, 0.3) is 0 Å². The first-order valence-electron chi connectivity index (χ1n) is 17.4. The molecule has 0 saturated carbocycles. The molecule has 0 spiro atoms. The van der Waals surface area contributed by atoms with Crippen molar-refractivity contribution in [1.82, 2.24) is 14.4 Å². The Morgan fingerprint density at radius 1 is 0.385 bits per heavy atom. The standard InChI is InChI=1S/C48H33N3O/c52-44-27-11-10-24-41(44)43-32-38(33-16-4-1-5-17-33)31-42(49-43)36-22-14-23-37(30-36)47-48(51-29-13-12-28-45(51)50-47)46-39(34-18-6-2-7-19-34)25-15-26-40(46)35-20-8-3-9-21-35/h1-32,52H. The van der Waals surface area contributed by atoms with E-state index in [0.717, 1.165) is 72.8 Å². The number of aromatic hydroxyl groups is 1. The molecule has 6 aromatic carbocycles. The van der Waals surface area contributed by atoms with Gasteiger partial charge in [-0.25, -0.2) is 9.97 Å². The van der Waals surface area contributed by atoms with Crippen LogP contribution in [0.2, 0.25) is 0 Å². The van der Waals surface area contributed by atoms with Crippen molar-refractivity contribution in [2.75, 3.05) is 0 Å². The van der Waals surface area contributed by atoms with Crippen LogP contribution in [0.25, 0.3) is 84.1 Å². The Bertz CT molecular complexity index is 2620. The third kappa shape index (κ3) is 5.72. The number of para-hydroxylation sites is 1. The highest BCUT2D eigenvalue weighted by Gasteiger charge is 2.23. The summed E-state index contributed by atoms with van der Waals surface area (Å²) in [5.41, 5.74) is 14.7. The molecule has 0 bridgehead atoms. The second-order valence-electron chi connectivity index (χ2n) is 12.8. The van der Waals surface area contributed by atoms with Crippen molar-refractivity contribution in [2.24, 2.45) is 0 Å². The molecule has 0 amide bonds. The predicted octanol–water partition coefficient (Wildman–Crippen LogP) is 12.1. The Morgan fingerprint density at radius 2 is 0.923 bits per heavy atom. The minimum Gasteiger partial charge on any atom is -0.507 e. The van der Waals surface area contributed by atoms with Gasteiger partial charge in [-0.1, -0.05) is 146 Å². The van der Waals surface area contributed by atoms with Crippen LogP contribution in [-0.4, -0.2) is 19.5 Å². The number of phenolic OH excluding ortho intramolecular Hbond substituents is 1. The van der Waals surface area contributed by atoms with Crippen LogP contribution in [0.5, 0.6) is 5.75 Å². The summed E-state index contributed by atoms with van der Waals surface area (Å²) in [5, 5.41) is 10.8. The average Bonchev–Trinajstić information content (AvgIpc) is 3.61. The molecule has 4 nitrogen and oxygen atoms in total. The maximum atomic E-state index is 10.8. The summed E-state index contributed by atoms with van der Waals surface area (Å²) in [6.07, 6.45) is 2.10. The van der Waals surface area contributed by atoms with Gasteiger partial charge in [-0.05, 0) is 75.8 Å². The SMILES string of the molecule is Oc1ccccc1-c1cc(-c2ccccc2)cc(-c2cccc(-c3nc4ccccn4c3-c3c(-c4ccccc4)cccc3-c3ccccc3)c2)n1. The van der Waals surface area contributed by atoms with E-state index < -0.39 is 0 Å². The molecule has 9 rings (SSSR count). The van der Waals surface area contributed by atoms with E-state index in [-0.39, 0.29) is 5.75 Å². The summed E-state index contributed by atoms with van der Waals surface area (Å²) < 4.78 is 2.21. The van der Waals surface area contributed by atoms with Gasteiger partial charge in [-0.15, -0.1) is 0 Å². The maximum Gasteiger partial charge on any atom is 0.137 e. The van der Waals surface area contributed by atoms with Crippen LogP contribution in [0, 0.1) is 0 Å². The van der Waals surface area contributed by atoms with E-state index in [2.05, 4.69) is 144 Å². The van der Waals surface area contributed by atoms with E-state index in [4.69, 9.17) is 9.97 Å². The van der Waals surface area contributed by atoms with Crippen molar-refractivity contribution in [3.8, 4) is 84.2 Å². The molecule has 1 N–H and O–H groups in total. The third-order valence-corrected chi connectivity index (χ3v) is 9.55. The number of phenols is 1. The summed E-state index contributed by atoms with van der Waals surface area (Å²) in [4.78, 5) is 10.5. The highest BCUT2D eigenvalue weighted by atomic mass is 16.3. The van der Waals surface area contributed by atoms with Gasteiger partial charge < -0.3 is 5.11 Å². The van der Waals surface area contributed by atoms with Gasteiger partial charge in [-0.3, -0.25) is 4.40 Å². The average molecular weight is 668 g/mol. The summed E-state index contributed by atoms with van der Waals surface area (Å²) in [5.74, 6) is 0.195. The first-order valence-corrected chi connectivity index (χ1v) is 17.4. The van der Waals surface area contributed by atoms with E-state index in [1.165, 1.54) is 0 Å². The number of pyridine rings is 2. The Hall–Kier alpha value is -7.04. The highest BCUT2D eigenvalue weighted by molar-refractivity contribution is 5.99. The lowest BCUT2D eigenvalue weighted by Gasteiger charge is -2.18. The molecule has 0 aliphatic rings. The van der Waals surface area contributed by atoms with Crippen molar-refractivity contribution >= 4 is 5.65 Å². The van der Waals surface area contributed by atoms with Crippen LogP contribution < -0.4 is 0 Å². The molecule has 0 unspecified atom stereocenters. The fourth-order valence-corrected chi connectivity index (χ4v) is 7.09. The van der Waals surface area contributed by atoms with Crippen LogP contribution in [0.1, 0.15) is 0 Å². The second kappa shape index (κ2) is 13.3. The molecule has 0 atom stereocenters. The van der Waals surface area contributed by atoms with Gasteiger partial charge in [0.2, 0.25) is 0 Å². The number of fused-ring (bicyclic) bond motifs is 1. The number of imidazole rings is 1. The molecule has 3 heterocycles. The van der Waals surface area contributed by atoms with Gasteiger partial charge in [0.15, 0.2) is 0 Å². The fourth-order valence-electron chi connectivity index (χ4n) is 7.09. The summed E-state index contributed by atoms with van der Waals surface area (Å²) >= 11 is 0. The van der Waals surface area contributed by atoms with Crippen LogP contribution in [0.3, 0.4) is 0 Å². The molecule has 9 aromatic rings. The molecular formula is C48H33N3O. The fraction of sp³-hybridized carbons (Fsp3) is 0. The molecule has 0 radical (unpaired) electrons. The zero-order valence-corrected chi connectivity index (χ0v) is 28.3. The van der Waals surface area contributed by atoms with Crippen molar-refractivity contribution in [3.63, 3.8) is 0 Å². The van der Waals surface area contributed by atoms with Crippen molar-refractivity contribution in [2.45, 2.75) is 0 Å². The lowest BCUT2D eigenvalue weighted by Crippen LogP contribution is -1.96. The zero-order valence-electron chi connectivity index (χ0n) is 28.3. The van der Waals surface area contributed by atoms with Gasteiger partial charge in [-0.2, -0.15) is 0 Å². The van der Waals surface area contributed by atoms with E-state index in [9.17, 15) is 5.11 Å². The molecule has 52 heavy (non-hydrogen) atoms. The van der Waals surface area contributed by atoms with Gasteiger partial charge in [0.05, 0.1) is 22.8 Å². The van der Waals surface area contributed by atoms with Gasteiger partial charge in [0, 0.05) is 28.5 Å². The molecule has 0 aliphatic heterocycles. The largest absolute Gasteiger partial charge is 0.507 e. The van der Waals surface area contributed by atoms with E-state index in [1.807, 2.05) is 48.5 Å². The minimum atomic E-state index is 0.195. The predicted molar refractivity (Wildman–Crippen MR) is 213 cm³/mol. The third-order valence-electron chi connectivity index (χ3n) is 9.55. The topological polar surface area (TPSA) is 50.4 Å². The number of hydrogen-bond donors (Lipinski definition) is 1. The number of benzene rings is 6. The molecule has 246 valence electrons. The molecule has 0 saturated heterocycles. The number of hydrogen-bond acceptors (Lipinski definition) is 3. The lowest BCUT2D eigenvalue weighted by molar-refractivity contribution is 0.477. The van der Waals surface area contributed by atoms with Crippen LogP contribution in [0.4, 0.5) is 0 Å². The first kappa shape index (κ1) is 31.0. The molecule has 3 aromatic heterocycles. The summed E-state index contributed by atoms with van der Waals surface area (Å²) in [7, 11) is 0. The zero-order chi connectivity index (χ0) is 34.9. The smallest absolute Gasteiger partial charge is 0.137 e. The molecular weight excluding hydrogens is 635 g/mol. The Morgan fingerprint density at radius 3 is 1.62 bits per heavy atom. The summed E-state index contributed by atoms with van der Waals surface area (Å²) in [6.45, 7) is 0. The van der Waals surface area contributed by atoms with E-state index in [1.54, 1.807) is 6.07 Å².